The summed E-state index contributed by atoms with van der Waals surface area (Å²) in [6.07, 6.45) is 0. The Bertz CT molecular complexity index is 1530. The lowest BCUT2D eigenvalue weighted by Gasteiger charge is -2.14. The van der Waals surface area contributed by atoms with Crippen molar-refractivity contribution < 1.29 is 4.79 Å². The number of fused-ring (bicyclic) bond motifs is 1. The highest BCUT2D eigenvalue weighted by Crippen LogP contribution is 2.31. The van der Waals surface area contributed by atoms with Gasteiger partial charge >= 0.3 is 0 Å². The molecular formula is C28H24N4O2. The number of benzene rings is 3. The van der Waals surface area contributed by atoms with E-state index in [0.29, 0.717) is 11.3 Å². The molecule has 1 N–H and O–H groups in total. The SMILES string of the molecule is Cc1ccc(NC(=O)Cn2c(=O)cc(-c3ccccc3)c3c(C)nn(-c4ccccc4)c32)cc1. The molecule has 1 amide bonds. The molecule has 0 saturated heterocycles. The average Bonchev–Trinajstić information content (AvgIpc) is 3.20. The molecule has 0 bridgehead atoms. The molecule has 2 heterocycles. The highest BCUT2D eigenvalue weighted by atomic mass is 16.2. The second-order valence-corrected chi connectivity index (χ2v) is 8.29. The van der Waals surface area contributed by atoms with E-state index in [1.54, 1.807) is 10.7 Å². The molecule has 0 fully saturated rings. The normalized spacial score (nSPS) is 11.0. The maximum atomic E-state index is 13.4. The number of rotatable bonds is 5. The first-order valence-electron chi connectivity index (χ1n) is 11.1. The molecule has 0 aliphatic rings. The van der Waals surface area contributed by atoms with Crippen molar-refractivity contribution in [3.63, 3.8) is 0 Å². The predicted molar refractivity (Wildman–Crippen MR) is 135 cm³/mol. The maximum absolute atomic E-state index is 13.4. The van der Waals surface area contributed by atoms with E-state index in [9.17, 15) is 9.59 Å². The van der Waals surface area contributed by atoms with E-state index in [2.05, 4.69) is 5.32 Å². The van der Waals surface area contributed by atoms with Gasteiger partial charge in [0.15, 0.2) is 0 Å². The van der Waals surface area contributed by atoms with Gasteiger partial charge in [0.05, 0.1) is 11.4 Å². The molecule has 6 heteroatoms. The number of anilines is 1. The van der Waals surface area contributed by atoms with Gasteiger partial charge in [-0.15, -0.1) is 0 Å². The van der Waals surface area contributed by atoms with Gasteiger partial charge in [0.1, 0.15) is 12.2 Å². The average molecular weight is 449 g/mol. The van der Waals surface area contributed by atoms with Crippen LogP contribution in [0, 0.1) is 13.8 Å². The molecule has 0 spiro atoms. The molecule has 34 heavy (non-hydrogen) atoms. The number of aryl methyl sites for hydroxylation is 2. The molecule has 0 atom stereocenters. The highest BCUT2D eigenvalue weighted by Gasteiger charge is 2.21. The summed E-state index contributed by atoms with van der Waals surface area (Å²) < 4.78 is 3.25. The lowest BCUT2D eigenvalue weighted by Crippen LogP contribution is -2.28. The number of hydrogen-bond donors (Lipinski definition) is 1. The van der Waals surface area contributed by atoms with Crippen molar-refractivity contribution in [3.05, 3.63) is 113 Å². The molecule has 2 aromatic heterocycles. The third-order valence-corrected chi connectivity index (χ3v) is 5.82. The van der Waals surface area contributed by atoms with Crippen LogP contribution in [0.2, 0.25) is 0 Å². The Balaban J connectivity index is 1.68. The van der Waals surface area contributed by atoms with E-state index in [1.165, 1.54) is 4.57 Å². The summed E-state index contributed by atoms with van der Waals surface area (Å²) in [5.74, 6) is -0.279. The Morgan fingerprint density at radius 2 is 1.53 bits per heavy atom. The minimum Gasteiger partial charge on any atom is -0.325 e. The Hall–Kier alpha value is -4.45. The van der Waals surface area contributed by atoms with Gasteiger partial charge in [-0.3, -0.25) is 14.2 Å². The van der Waals surface area contributed by atoms with E-state index >= 15 is 0 Å². The molecule has 0 unspecified atom stereocenters. The number of carbonyl (C=O) groups excluding carboxylic acids is 1. The van der Waals surface area contributed by atoms with Gasteiger partial charge in [-0.1, -0.05) is 66.2 Å². The van der Waals surface area contributed by atoms with Crippen molar-refractivity contribution >= 4 is 22.6 Å². The van der Waals surface area contributed by atoms with E-state index in [1.807, 2.05) is 98.8 Å². The van der Waals surface area contributed by atoms with Crippen molar-refractivity contribution in [3.8, 4) is 16.8 Å². The molecule has 168 valence electrons. The minimum absolute atomic E-state index is 0.129. The number of aromatic nitrogens is 3. The third-order valence-electron chi connectivity index (χ3n) is 5.82. The lowest BCUT2D eigenvalue weighted by molar-refractivity contribution is -0.116. The monoisotopic (exact) mass is 448 g/mol. The number of amides is 1. The molecule has 0 saturated carbocycles. The van der Waals surface area contributed by atoms with Crippen molar-refractivity contribution in [1.29, 1.82) is 0 Å². The summed E-state index contributed by atoms with van der Waals surface area (Å²) in [6.45, 7) is 3.79. The molecule has 3 aromatic carbocycles. The van der Waals surface area contributed by atoms with E-state index in [-0.39, 0.29) is 18.0 Å². The zero-order valence-corrected chi connectivity index (χ0v) is 19.0. The predicted octanol–water partition coefficient (Wildman–Crippen LogP) is 5.11. The second-order valence-electron chi connectivity index (χ2n) is 8.29. The van der Waals surface area contributed by atoms with Gasteiger partial charge < -0.3 is 5.32 Å². The largest absolute Gasteiger partial charge is 0.325 e. The van der Waals surface area contributed by atoms with Gasteiger partial charge in [0, 0.05) is 17.1 Å². The summed E-state index contributed by atoms with van der Waals surface area (Å²) in [6, 6.07) is 28.6. The van der Waals surface area contributed by atoms with Crippen molar-refractivity contribution in [2.75, 3.05) is 5.32 Å². The summed E-state index contributed by atoms with van der Waals surface area (Å²) in [7, 11) is 0. The van der Waals surface area contributed by atoms with Crippen LogP contribution in [-0.2, 0) is 11.3 Å². The van der Waals surface area contributed by atoms with Crippen molar-refractivity contribution in [2.24, 2.45) is 0 Å². The molecule has 0 radical (unpaired) electrons. The smallest absolute Gasteiger partial charge is 0.253 e. The molecule has 0 aliphatic carbocycles. The summed E-state index contributed by atoms with van der Waals surface area (Å²) in [5, 5.41) is 8.51. The van der Waals surface area contributed by atoms with Crippen LogP contribution in [0.25, 0.3) is 27.8 Å². The first-order valence-corrected chi connectivity index (χ1v) is 11.1. The van der Waals surface area contributed by atoms with E-state index in [4.69, 9.17) is 5.10 Å². The number of hydrogen-bond acceptors (Lipinski definition) is 3. The number of carbonyl (C=O) groups is 1. The van der Waals surface area contributed by atoms with Crippen LogP contribution in [0.15, 0.2) is 95.8 Å². The molecule has 5 rings (SSSR count). The Morgan fingerprint density at radius 3 is 2.21 bits per heavy atom. The maximum Gasteiger partial charge on any atom is 0.253 e. The van der Waals surface area contributed by atoms with Gasteiger partial charge in [0.2, 0.25) is 5.91 Å². The van der Waals surface area contributed by atoms with Crippen LogP contribution < -0.4 is 10.9 Å². The number of nitrogens with one attached hydrogen (secondary N) is 1. The van der Waals surface area contributed by atoms with E-state index < -0.39 is 0 Å². The zero-order chi connectivity index (χ0) is 23.7. The Morgan fingerprint density at radius 1 is 0.882 bits per heavy atom. The molecular weight excluding hydrogens is 424 g/mol. The summed E-state index contributed by atoms with van der Waals surface area (Å²) in [5.41, 5.74) is 5.45. The Labute approximate surface area is 197 Å². The quantitative estimate of drug-likeness (QED) is 0.406. The first-order chi connectivity index (χ1) is 16.5. The number of pyridine rings is 1. The molecule has 0 aliphatic heterocycles. The third kappa shape index (κ3) is 4.01. The number of para-hydroxylation sites is 1. The van der Waals surface area contributed by atoms with E-state index in [0.717, 1.165) is 33.5 Å². The van der Waals surface area contributed by atoms with Crippen LogP contribution in [0.3, 0.4) is 0 Å². The fraction of sp³-hybridized carbons (Fsp3) is 0.107. The van der Waals surface area contributed by atoms with Crippen LogP contribution in [0.1, 0.15) is 11.3 Å². The molecule has 6 nitrogen and oxygen atoms in total. The van der Waals surface area contributed by atoms with Crippen LogP contribution >= 0.6 is 0 Å². The summed E-state index contributed by atoms with van der Waals surface area (Å²) in [4.78, 5) is 26.4. The summed E-state index contributed by atoms with van der Waals surface area (Å²) >= 11 is 0. The van der Waals surface area contributed by atoms with Crippen molar-refractivity contribution in [1.82, 2.24) is 14.3 Å². The fourth-order valence-electron chi connectivity index (χ4n) is 4.19. The number of nitrogens with zero attached hydrogens (tertiary/aromatic N) is 3. The van der Waals surface area contributed by atoms with Gasteiger partial charge in [0.25, 0.3) is 5.56 Å². The van der Waals surface area contributed by atoms with Gasteiger partial charge in [-0.25, -0.2) is 4.68 Å². The van der Waals surface area contributed by atoms with Gasteiger partial charge in [-0.2, -0.15) is 5.10 Å². The minimum atomic E-state index is -0.279. The van der Waals surface area contributed by atoms with Crippen LogP contribution in [-0.4, -0.2) is 20.3 Å². The second kappa shape index (κ2) is 8.83. The van der Waals surface area contributed by atoms with Crippen molar-refractivity contribution in [2.45, 2.75) is 20.4 Å². The highest BCUT2D eigenvalue weighted by molar-refractivity contribution is 5.97. The zero-order valence-electron chi connectivity index (χ0n) is 19.0. The Kier molecular flexibility index (Phi) is 5.55. The fourth-order valence-corrected chi connectivity index (χ4v) is 4.19. The standard InChI is InChI=1S/C28H24N4O2/c1-19-13-15-22(16-14-19)29-25(33)18-31-26(34)17-24(21-9-5-3-6-10-21)27-20(2)30-32(28(27)31)23-11-7-4-8-12-23/h3-17H,18H2,1-2H3,(H,29,33). The van der Waals surface area contributed by atoms with Gasteiger partial charge in [-0.05, 0) is 49.2 Å². The molecule has 5 aromatic rings. The van der Waals surface area contributed by atoms with Crippen LogP contribution in [0.5, 0.6) is 0 Å². The first kappa shape index (κ1) is 21.4. The van der Waals surface area contributed by atoms with Crippen LogP contribution in [0.4, 0.5) is 5.69 Å². The topological polar surface area (TPSA) is 68.9 Å². The lowest BCUT2D eigenvalue weighted by atomic mass is 10.0.